The molecular formula is C24H21N5O4S2. The highest BCUT2D eigenvalue weighted by molar-refractivity contribution is 7.94. The number of benzene rings is 3. The standard InChI is InChI=1S/C24H21N5O4S2/c1-16(17-10-4-2-5-11-17)25-22(31)19-14-8-9-15-20(19)29-35(32,33)24-28-27-23(34-24)26-21(30)18-12-6-3-7-13-18/h2-16,29H,1H3,(H,25,31)(H,26,27,30). The van der Waals surface area contributed by atoms with E-state index >= 15 is 0 Å². The van der Waals surface area contributed by atoms with E-state index in [2.05, 4.69) is 25.6 Å². The largest absolute Gasteiger partial charge is 0.345 e. The average Bonchev–Trinajstić information content (AvgIpc) is 3.35. The fraction of sp³-hybridized carbons (Fsp3) is 0.0833. The molecule has 3 N–H and O–H groups in total. The lowest BCUT2D eigenvalue weighted by atomic mass is 10.1. The van der Waals surface area contributed by atoms with Crippen molar-refractivity contribution < 1.29 is 18.0 Å². The zero-order valence-electron chi connectivity index (χ0n) is 18.5. The number of nitrogens with zero attached hydrogens (tertiary/aromatic N) is 2. The molecule has 0 aliphatic carbocycles. The van der Waals surface area contributed by atoms with Crippen LogP contribution < -0.4 is 15.4 Å². The van der Waals surface area contributed by atoms with Gasteiger partial charge in [-0.3, -0.25) is 19.6 Å². The molecule has 4 aromatic rings. The molecule has 35 heavy (non-hydrogen) atoms. The van der Waals surface area contributed by atoms with E-state index in [0.717, 1.165) is 5.56 Å². The van der Waals surface area contributed by atoms with Gasteiger partial charge >= 0.3 is 0 Å². The van der Waals surface area contributed by atoms with Crippen molar-refractivity contribution >= 4 is 44.0 Å². The lowest BCUT2D eigenvalue weighted by Crippen LogP contribution is -2.28. The topological polar surface area (TPSA) is 130 Å². The molecule has 4 rings (SSSR count). The molecule has 0 bridgehead atoms. The van der Waals surface area contributed by atoms with Crippen LogP contribution in [0, 0.1) is 0 Å². The lowest BCUT2D eigenvalue weighted by molar-refractivity contribution is 0.0940. The molecule has 9 nitrogen and oxygen atoms in total. The number of carbonyl (C=O) groups is 2. The van der Waals surface area contributed by atoms with Gasteiger partial charge in [0.15, 0.2) is 0 Å². The van der Waals surface area contributed by atoms with Crippen molar-refractivity contribution in [2.75, 3.05) is 10.0 Å². The molecular weight excluding hydrogens is 486 g/mol. The second kappa shape index (κ2) is 10.5. The molecule has 1 unspecified atom stereocenters. The van der Waals surface area contributed by atoms with Gasteiger partial charge in [-0.25, -0.2) is 0 Å². The van der Waals surface area contributed by atoms with Crippen LogP contribution in [0.5, 0.6) is 0 Å². The Morgan fingerprint density at radius 2 is 1.46 bits per heavy atom. The molecule has 0 fully saturated rings. The SMILES string of the molecule is CC(NC(=O)c1ccccc1NS(=O)(=O)c1nnc(NC(=O)c2ccccc2)s1)c1ccccc1. The highest BCUT2D eigenvalue weighted by atomic mass is 32.2. The molecule has 0 saturated carbocycles. The minimum absolute atomic E-state index is 0.0296. The normalized spacial score (nSPS) is 11.9. The van der Waals surface area contributed by atoms with Crippen molar-refractivity contribution in [3.63, 3.8) is 0 Å². The van der Waals surface area contributed by atoms with Crippen molar-refractivity contribution in [2.24, 2.45) is 0 Å². The molecule has 11 heteroatoms. The third kappa shape index (κ3) is 5.89. The van der Waals surface area contributed by atoms with E-state index in [1.54, 1.807) is 42.5 Å². The summed E-state index contributed by atoms with van der Waals surface area (Å²) in [6, 6.07) is 23.8. The molecule has 178 valence electrons. The summed E-state index contributed by atoms with van der Waals surface area (Å²) in [5, 5.41) is 12.9. The maximum Gasteiger partial charge on any atom is 0.291 e. The van der Waals surface area contributed by atoms with Gasteiger partial charge in [0.25, 0.3) is 26.2 Å². The van der Waals surface area contributed by atoms with Crippen LogP contribution in [0.4, 0.5) is 10.8 Å². The first-order valence-corrected chi connectivity index (χ1v) is 12.8. The van der Waals surface area contributed by atoms with Gasteiger partial charge in [0, 0.05) is 5.56 Å². The van der Waals surface area contributed by atoms with E-state index in [9.17, 15) is 18.0 Å². The van der Waals surface area contributed by atoms with Crippen molar-refractivity contribution in [1.82, 2.24) is 15.5 Å². The first-order chi connectivity index (χ1) is 16.8. The van der Waals surface area contributed by atoms with Gasteiger partial charge in [-0.15, -0.1) is 10.2 Å². The number of nitrogens with one attached hydrogen (secondary N) is 3. The van der Waals surface area contributed by atoms with Crippen LogP contribution in [0.2, 0.25) is 0 Å². The average molecular weight is 508 g/mol. The van der Waals surface area contributed by atoms with Gasteiger partial charge in [0.2, 0.25) is 5.13 Å². The Morgan fingerprint density at radius 3 is 2.17 bits per heavy atom. The molecule has 0 radical (unpaired) electrons. The fourth-order valence-corrected chi connectivity index (χ4v) is 5.16. The molecule has 1 atom stereocenters. The summed E-state index contributed by atoms with van der Waals surface area (Å²) in [4.78, 5) is 25.2. The number of aromatic nitrogens is 2. The number of hydrogen-bond donors (Lipinski definition) is 3. The van der Waals surface area contributed by atoms with Crippen LogP contribution in [-0.2, 0) is 10.0 Å². The summed E-state index contributed by atoms with van der Waals surface area (Å²) >= 11 is 0.699. The number of para-hydroxylation sites is 1. The molecule has 1 heterocycles. The van der Waals surface area contributed by atoms with E-state index in [4.69, 9.17) is 0 Å². The van der Waals surface area contributed by atoms with Gasteiger partial charge in [0.05, 0.1) is 17.3 Å². The molecule has 0 aliphatic rings. The predicted octanol–water partition coefficient (Wildman–Crippen LogP) is 4.08. The molecule has 0 aliphatic heterocycles. The van der Waals surface area contributed by atoms with Gasteiger partial charge in [-0.2, -0.15) is 8.42 Å². The van der Waals surface area contributed by atoms with Gasteiger partial charge < -0.3 is 5.32 Å². The zero-order valence-corrected chi connectivity index (χ0v) is 20.1. The van der Waals surface area contributed by atoms with E-state index in [1.807, 2.05) is 37.3 Å². The molecule has 2 amide bonds. The number of rotatable bonds is 8. The molecule has 0 spiro atoms. The predicted molar refractivity (Wildman–Crippen MR) is 134 cm³/mol. The molecule has 0 saturated heterocycles. The third-order valence-electron chi connectivity index (χ3n) is 4.96. The van der Waals surface area contributed by atoms with Crippen molar-refractivity contribution in [2.45, 2.75) is 17.3 Å². The minimum atomic E-state index is -4.17. The highest BCUT2D eigenvalue weighted by Gasteiger charge is 2.24. The van der Waals surface area contributed by atoms with Crippen LogP contribution in [0.25, 0.3) is 0 Å². The van der Waals surface area contributed by atoms with E-state index < -0.39 is 21.8 Å². The quantitative estimate of drug-likeness (QED) is 0.308. The van der Waals surface area contributed by atoms with Crippen LogP contribution in [0.1, 0.15) is 39.2 Å². The van der Waals surface area contributed by atoms with E-state index in [0.29, 0.717) is 16.9 Å². The Hall–Kier alpha value is -4.09. The van der Waals surface area contributed by atoms with Crippen LogP contribution >= 0.6 is 11.3 Å². The summed E-state index contributed by atoms with van der Waals surface area (Å²) in [6.07, 6.45) is 0. The van der Waals surface area contributed by atoms with Crippen molar-refractivity contribution in [3.05, 3.63) is 102 Å². The zero-order chi connectivity index (χ0) is 24.8. The number of anilines is 2. The van der Waals surface area contributed by atoms with Gasteiger partial charge in [0.1, 0.15) is 0 Å². The molecule has 3 aromatic carbocycles. The number of sulfonamides is 1. The summed E-state index contributed by atoms with van der Waals surface area (Å²) < 4.78 is 27.9. The van der Waals surface area contributed by atoms with E-state index in [-0.39, 0.29) is 26.8 Å². The summed E-state index contributed by atoms with van der Waals surface area (Å²) in [6.45, 7) is 1.84. The number of hydrogen-bond acceptors (Lipinski definition) is 7. The fourth-order valence-electron chi connectivity index (χ4n) is 3.19. The monoisotopic (exact) mass is 507 g/mol. The second-order valence-corrected chi connectivity index (χ2v) is 10.3. The first-order valence-electron chi connectivity index (χ1n) is 10.5. The Labute approximate surface area is 206 Å². The van der Waals surface area contributed by atoms with Crippen LogP contribution in [0.3, 0.4) is 0 Å². The summed E-state index contributed by atoms with van der Waals surface area (Å²) in [5.41, 5.74) is 1.56. The van der Waals surface area contributed by atoms with E-state index in [1.165, 1.54) is 12.1 Å². The van der Waals surface area contributed by atoms with Gasteiger partial charge in [-0.05, 0) is 36.8 Å². The number of amides is 2. The third-order valence-corrected chi connectivity index (χ3v) is 7.53. The Kier molecular flexibility index (Phi) is 7.18. The highest BCUT2D eigenvalue weighted by Crippen LogP contribution is 2.25. The minimum Gasteiger partial charge on any atom is -0.345 e. The number of carbonyl (C=O) groups excluding carboxylic acids is 2. The van der Waals surface area contributed by atoms with Crippen LogP contribution in [0.15, 0.2) is 89.3 Å². The second-order valence-electron chi connectivity index (χ2n) is 7.45. The maximum absolute atomic E-state index is 12.9. The summed E-state index contributed by atoms with van der Waals surface area (Å²) in [7, 11) is -4.17. The lowest BCUT2D eigenvalue weighted by Gasteiger charge is -2.16. The molecule has 1 aromatic heterocycles. The van der Waals surface area contributed by atoms with Crippen LogP contribution in [-0.4, -0.2) is 30.4 Å². The van der Waals surface area contributed by atoms with Crippen molar-refractivity contribution in [3.8, 4) is 0 Å². The Morgan fingerprint density at radius 1 is 0.829 bits per heavy atom. The van der Waals surface area contributed by atoms with Crippen molar-refractivity contribution in [1.29, 1.82) is 0 Å². The maximum atomic E-state index is 12.9. The first kappa shape index (κ1) is 24.0. The smallest absolute Gasteiger partial charge is 0.291 e. The Balaban J connectivity index is 1.48. The van der Waals surface area contributed by atoms with Gasteiger partial charge in [-0.1, -0.05) is 72.0 Å². The Bertz CT molecular complexity index is 1440. The summed E-state index contributed by atoms with van der Waals surface area (Å²) in [5.74, 6) is -0.874.